The smallest absolute Gasteiger partial charge is 0.223 e. The molecule has 0 fully saturated rings. The Kier molecular flexibility index (Phi) is 6.82. The van der Waals surface area contributed by atoms with Crippen molar-refractivity contribution >= 4 is 17.5 Å². The second-order valence-electron chi connectivity index (χ2n) is 7.27. The van der Waals surface area contributed by atoms with Crippen LogP contribution in [0.5, 0.6) is 0 Å². The summed E-state index contributed by atoms with van der Waals surface area (Å²) in [7, 11) is 0. The Morgan fingerprint density at radius 2 is 1.96 bits per heavy atom. The van der Waals surface area contributed by atoms with Gasteiger partial charge < -0.3 is 9.47 Å². The normalized spacial score (nSPS) is 11.0. The zero-order valence-corrected chi connectivity index (χ0v) is 17.0. The van der Waals surface area contributed by atoms with Crippen molar-refractivity contribution in [2.45, 2.75) is 39.9 Å². The van der Waals surface area contributed by atoms with Crippen molar-refractivity contribution in [2.75, 3.05) is 0 Å². The predicted molar refractivity (Wildman–Crippen MR) is 111 cm³/mol. The maximum Gasteiger partial charge on any atom is 0.223 e. The molecule has 3 aromatic rings. The number of hydrogen-bond donors (Lipinski definition) is 0. The number of carbonyl (C=O) groups is 1. The molecule has 5 nitrogen and oxygen atoms in total. The summed E-state index contributed by atoms with van der Waals surface area (Å²) in [6.07, 6.45) is 7.73. The molecule has 0 saturated heterocycles. The average molecular weight is 397 g/mol. The van der Waals surface area contributed by atoms with Crippen LogP contribution in [0.2, 0.25) is 5.02 Å². The van der Waals surface area contributed by atoms with Crippen LogP contribution in [-0.4, -0.2) is 25.3 Å². The van der Waals surface area contributed by atoms with Gasteiger partial charge in [-0.25, -0.2) is 4.98 Å². The number of aromatic nitrogens is 3. The van der Waals surface area contributed by atoms with Crippen molar-refractivity contribution in [2.24, 2.45) is 5.92 Å². The second-order valence-corrected chi connectivity index (χ2v) is 7.68. The Morgan fingerprint density at radius 1 is 1.14 bits per heavy atom. The van der Waals surface area contributed by atoms with Crippen LogP contribution in [-0.2, 0) is 24.4 Å². The maximum absolute atomic E-state index is 12.9. The highest BCUT2D eigenvalue weighted by Crippen LogP contribution is 2.18. The van der Waals surface area contributed by atoms with E-state index in [2.05, 4.69) is 23.8 Å². The maximum atomic E-state index is 12.9. The molecule has 1 aromatic carbocycles. The molecule has 0 atom stereocenters. The van der Waals surface area contributed by atoms with Gasteiger partial charge in [0, 0.05) is 42.8 Å². The third kappa shape index (κ3) is 5.42. The molecule has 6 heteroatoms. The molecule has 0 aliphatic heterocycles. The lowest BCUT2D eigenvalue weighted by Gasteiger charge is -2.24. The highest BCUT2D eigenvalue weighted by atomic mass is 35.5. The van der Waals surface area contributed by atoms with E-state index in [1.807, 2.05) is 52.1 Å². The predicted octanol–water partition coefficient (Wildman–Crippen LogP) is 4.55. The Balaban J connectivity index is 1.80. The molecule has 0 bridgehead atoms. The molecule has 0 unspecified atom stereocenters. The van der Waals surface area contributed by atoms with Crippen molar-refractivity contribution in [1.82, 2.24) is 19.4 Å². The fraction of sp³-hybridized carbons (Fsp3) is 0.318. The summed E-state index contributed by atoms with van der Waals surface area (Å²) in [5, 5.41) is 0.727. The largest absolute Gasteiger partial charge is 0.331 e. The average Bonchev–Trinajstić information content (AvgIpc) is 3.10. The molecule has 0 radical (unpaired) electrons. The van der Waals surface area contributed by atoms with Crippen LogP contribution in [0.3, 0.4) is 0 Å². The molecule has 2 heterocycles. The summed E-state index contributed by atoms with van der Waals surface area (Å²) in [6.45, 7) is 5.68. The second kappa shape index (κ2) is 9.51. The van der Waals surface area contributed by atoms with E-state index in [1.54, 1.807) is 18.6 Å². The first-order chi connectivity index (χ1) is 13.5. The Hall–Kier alpha value is -2.66. The number of rotatable bonds is 8. The van der Waals surface area contributed by atoms with Crippen LogP contribution in [0.1, 0.15) is 37.2 Å². The standard InChI is InChI=1S/C22H25ClN4O/c1-17(2)12-22(28)27(14-18-6-5-9-24-13-18)16-21-25-10-11-26(21)15-19-7-3-4-8-20(19)23/h3-11,13,17H,12,14-16H2,1-2H3. The van der Waals surface area contributed by atoms with Crippen LogP contribution in [0.25, 0.3) is 0 Å². The number of hydrogen-bond acceptors (Lipinski definition) is 3. The lowest BCUT2D eigenvalue weighted by atomic mass is 10.1. The van der Waals surface area contributed by atoms with Crippen molar-refractivity contribution < 1.29 is 4.79 Å². The first-order valence-electron chi connectivity index (χ1n) is 9.43. The van der Waals surface area contributed by atoms with Gasteiger partial charge in [-0.15, -0.1) is 0 Å². The third-order valence-corrected chi connectivity index (χ3v) is 4.83. The van der Waals surface area contributed by atoms with Crippen LogP contribution in [0, 0.1) is 5.92 Å². The minimum atomic E-state index is 0.117. The fourth-order valence-electron chi connectivity index (χ4n) is 3.04. The summed E-state index contributed by atoms with van der Waals surface area (Å²) in [5.74, 6) is 1.25. The lowest BCUT2D eigenvalue weighted by Crippen LogP contribution is -2.32. The molecule has 1 amide bonds. The topological polar surface area (TPSA) is 51.0 Å². The number of nitrogens with zero attached hydrogens (tertiary/aromatic N) is 4. The molecular weight excluding hydrogens is 372 g/mol. The van der Waals surface area contributed by atoms with E-state index < -0.39 is 0 Å². The van der Waals surface area contributed by atoms with Gasteiger partial charge in [-0.05, 0) is 29.2 Å². The van der Waals surface area contributed by atoms with Crippen molar-refractivity contribution in [3.8, 4) is 0 Å². The summed E-state index contributed by atoms with van der Waals surface area (Å²) in [6, 6.07) is 11.6. The van der Waals surface area contributed by atoms with Gasteiger partial charge in [-0.1, -0.05) is 49.7 Å². The van der Waals surface area contributed by atoms with E-state index in [4.69, 9.17) is 11.6 Å². The number of halogens is 1. The monoisotopic (exact) mass is 396 g/mol. The van der Waals surface area contributed by atoms with Gasteiger partial charge in [0.1, 0.15) is 5.82 Å². The molecule has 0 aliphatic rings. The van der Waals surface area contributed by atoms with E-state index >= 15 is 0 Å². The number of imidazole rings is 1. The molecule has 0 saturated carbocycles. The van der Waals surface area contributed by atoms with Crippen molar-refractivity contribution in [3.63, 3.8) is 0 Å². The molecule has 28 heavy (non-hydrogen) atoms. The molecule has 0 spiro atoms. The van der Waals surface area contributed by atoms with E-state index in [-0.39, 0.29) is 5.91 Å². The molecule has 3 rings (SSSR count). The minimum Gasteiger partial charge on any atom is -0.331 e. The summed E-state index contributed by atoms with van der Waals surface area (Å²) >= 11 is 6.31. The first-order valence-corrected chi connectivity index (χ1v) is 9.81. The fourth-order valence-corrected chi connectivity index (χ4v) is 3.23. The van der Waals surface area contributed by atoms with Crippen LogP contribution in [0.15, 0.2) is 61.2 Å². The lowest BCUT2D eigenvalue weighted by molar-refractivity contribution is -0.133. The zero-order valence-electron chi connectivity index (χ0n) is 16.3. The van der Waals surface area contributed by atoms with E-state index in [1.165, 1.54) is 0 Å². The highest BCUT2D eigenvalue weighted by molar-refractivity contribution is 6.31. The number of pyridine rings is 1. The van der Waals surface area contributed by atoms with Crippen molar-refractivity contribution in [1.29, 1.82) is 0 Å². The Labute approximate surface area is 171 Å². The number of carbonyl (C=O) groups excluding carboxylic acids is 1. The quantitative estimate of drug-likeness (QED) is 0.561. The Bertz CT molecular complexity index is 908. The summed E-state index contributed by atoms with van der Waals surface area (Å²) in [4.78, 5) is 23.4. The van der Waals surface area contributed by atoms with Gasteiger partial charge in [-0.3, -0.25) is 9.78 Å². The highest BCUT2D eigenvalue weighted by Gasteiger charge is 2.18. The minimum absolute atomic E-state index is 0.117. The van der Waals surface area contributed by atoms with E-state index in [0.29, 0.717) is 32.0 Å². The van der Waals surface area contributed by atoms with Crippen molar-refractivity contribution in [3.05, 3.63) is 83.2 Å². The van der Waals surface area contributed by atoms with Gasteiger partial charge in [0.05, 0.1) is 13.1 Å². The van der Waals surface area contributed by atoms with Gasteiger partial charge in [0.25, 0.3) is 0 Å². The Morgan fingerprint density at radius 3 is 2.68 bits per heavy atom. The van der Waals surface area contributed by atoms with Gasteiger partial charge in [-0.2, -0.15) is 0 Å². The zero-order chi connectivity index (χ0) is 19.9. The van der Waals surface area contributed by atoms with Gasteiger partial charge >= 0.3 is 0 Å². The molecule has 2 aromatic heterocycles. The number of amides is 1. The van der Waals surface area contributed by atoms with Crippen LogP contribution < -0.4 is 0 Å². The SMILES string of the molecule is CC(C)CC(=O)N(Cc1cccnc1)Cc1nccn1Cc1ccccc1Cl. The van der Waals surface area contributed by atoms with Crippen LogP contribution >= 0.6 is 11.6 Å². The van der Waals surface area contributed by atoms with Gasteiger partial charge in [0.15, 0.2) is 0 Å². The molecule has 0 aliphatic carbocycles. The summed E-state index contributed by atoms with van der Waals surface area (Å²) < 4.78 is 2.04. The third-order valence-electron chi connectivity index (χ3n) is 4.46. The summed E-state index contributed by atoms with van der Waals surface area (Å²) in [5.41, 5.74) is 2.03. The van der Waals surface area contributed by atoms with Crippen LogP contribution in [0.4, 0.5) is 0 Å². The van der Waals surface area contributed by atoms with E-state index in [9.17, 15) is 4.79 Å². The molecular formula is C22H25ClN4O. The van der Waals surface area contributed by atoms with Gasteiger partial charge in [0.2, 0.25) is 5.91 Å². The molecule has 146 valence electrons. The molecule has 0 N–H and O–H groups in total. The van der Waals surface area contributed by atoms with E-state index in [0.717, 1.165) is 22.0 Å². The first kappa shape index (κ1) is 20.1. The number of benzene rings is 1.